The van der Waals surface area contributed by atoms with Crippen LogP contribution in [0, 0.1) is 0 Å². The molecule has 0 saturated carbocycles. The highest BCUT2D eigenvalue weighted by Gasteiger charge is 2.20. The molecule has 0 saturated heterocycles. The van der Waals surface area contributed by atoms with Gasteiger partial charge in [0, 0.05) is 12.5 Å². The molecule has 0 spiro atoms. The Morgan fingerprint density at radius 3 is 2.56 bits per heavy atom. The van der Waals surface area contributed by atoms with Crippen molar-refractivity contribution >= 4 is 5.91 Å². The van der Waals surface area contributed by atoms with Crippen molar-refractivity contribution in [2.45, 2.75) is 32.1 Å². The molecule has 0 heterocycles. The van der Waals surface area contributed by atoms with Crippen LogP contribution in [-0.4, -0.2) is 25.7 Å². The summed E-state index contributed by atoms with van der Waals surface area (Å²) in [6.45, 7) is 3.27. The molecule has 1 unspecified atom stereocenters. The molecule has 3 rings (SSSR count). The van der Waals surface area contributed by atoms with Crippen molar-refractivity contribution in [1.82, 2.24) is 5.32 Å². The molecule has 1 amide bonds. The topological polar surface area (TPSA) is 47.6 Å². The summed E-state index contributed by atoms with van der Waals surface area (Å²) < 4.78 is 10.9. The number of hydrogen-bond acceptors (Lipinski definition) is 3. The minimum atomic E-state index is -0.0862. The lowest BCUT2D eigenvalue weighted by molar-refractivity contribution is -0.123. The van der Waals surface area contributed by atoms with Gasteiger partial charge in [-0.15, -0.1) is 0 Å². The fourth-order valence-electron chi connectivity index (χ4n) is 3.30. The third-order valence-corrected chi connectivity index (χ3v) is 4.54. The molecule has 4 heteroatoms. The number of rotatable bonds is 7. The quantitative estimate of drug-likeness (QED) is 0.837. The zero-order valence-electron chi connectivity index (χ0n) is 14.7. The molecule has 1 aliphatic rings. The summed E-state index contributed by atoms with van der Waals surface area (Å²) >= 11 is 0. The van der Waals surface area contributed by atoms with Crippen molar-refractivity contribution in [1.29, 1.82) is 0 Å². The fourth-order valence-corrected chi connectivity index (χ4v) is 3.30. The van der Waals surface area contributed by atoms with Gasteiger partial charge in [-0.3, -0.25) is 4.79 Å². The summed E-state index contributed by atoms with van der Waals surface area (Å²) in [5, 5.41) is 3.01. The lowest BCUT2D eigenvalue weighted by Crippen LogP contribution is -2.33. The maximum Gasteiger partial charge on any atom is 0.257 e. The number of benzene rings is 2. The summed E-state index contributed by atoms with van der Waals surface area (Å²) in [5.74, 6) is 1.79. The molecule has 132 valence electrons. The van der Waals surface area contributed by atoms with Crippen molar-refractivity contribution in [3.8, 4) is 11.5 Å². The highest BCUT2D eigenvalue weighted by molar-refractivity contribution is 5.77. The summed E-state index contributed by atoms with van der Waals surface area (Å²) in [6.07, 6.45) is 3.44. The van der Waals surface area contributed by atoms with Crippen LogP contribution < -0.4 is 14.8 Å². The number of amides is 1. The molecule has 0 fully saturated rings. The van der Waals surface area contributed by atoms with Crippen LogP contribution >= 0.6 is 0 Å². The fraction of sp³-hybridized carbons (Fsp3) is 0.381. The van der Waals surface area contributed by atoms with E-state index in [1.165, 1.54) is 17.5 Å². The van der Waals surface area contributed by atoms with Crippen molar-refractivity contribution in [2.24, 2.45) is 0 Å². The monoisotopic (exact) mass is 339 g/mol. The van der Waals surface area contributed by atoms with Gasteiger partial charge in [0.1, 0.15) is 11.5 Å². The molecule has 1 N–H and O–H groups in total. The average Bonchev–Trinajstić information content (AvgIpc) is 2.66. The number of ether oxygens (including phenoxy) is 2. The van der Waals surface area contributed by atoms with Gasteiger partial charge in [0.15, 0.2) is 6.61 Å². The highest BCUT2D eigenvalue weighted by Crippen LogP contribution is 2.30. The van der Waals surface area contributed by atoms with E-state index in [1.54, 1.807) is 0 Å². The van der Waals surface area contributed by atoms with E-state index in [4.69, 9.17) is 9.47 Å². The SMILES string of the molecule is CCOc1ccc(OCC(=O)NCC2CCCc3ccccc32)cc1. The molecule has 0 bridgehead atoms. The van der Waals surface area contributed by atoms with E-state index in [-0.39, 0.29) is 12.5 Å². The normalized spacial score (nSPS) is 16.0. The van der Waals surface area contributed by atoms with E-state index in [0.717, 1.165) is 18.6 Å². The number of aryl methyl sites for hydroxylation is 1. The van der Waals surface area contributed by atoms with Gasteiger partial charge in [-0.1, -0.05) is 24.3 Å². The Bertz CT molecular complexity index is 697. The summed E-state index contributed by atoms with van der Waals surface area (Å²) in [4.78, 5) is 12.1. The Morgan fingerprint density at radius 1 is 1.08 bits per heavy atom. The third kappa shape index (κ3) is 4.75. The van der Waals surface area contributed by atoms with Crippen LogP contribution in [0.4, 0.5) is 0 Å². The molecule has 4 nitrogen and oxygen atoms in total. The molecule has 2 aromatic carbocycles. The number of hydrogen-bond donors (Lipinski definition) is 1. The molecule has 1 atom stereocenters. The molecule has 0 aromatic heterocycles. The number of fused-ring (bicyclic) bond motifs is 1. The second-order valence-corrected chi connectivity index (χ2v) is 6.29. The van der Waals surface area contributed by atoms with Crippen molar-refractivity contribution in [2.75, 3.05) is 19.8 Å². The van der Waals surface area contributed by atoms with Gasteiger partial charge in [-0.05, 0) is 61.6 Å². The van der Waals surface area contributed by atoms with E-state index in [1.807, 2.05) is 31.2 Å². The third-order valence-electron chi connectivity index (χ3n) is 4.54. The molecule has 1 aliphatic carbocycles. The maximum absolute atomic E-state index is 12.1. The Hall–Kier alpha value is -2.49. The predicted octanol–water partition coefficient (Wildman–Crippen LogP) is 3.70. The first-order chi connectivity index (χ1) is 12.3. The van der Waals surface area contributed by atoms with Crippen molar-refractivity contribution < 1.29 is 14.3 Å². The van der Waals surface area contributed by atoms with Crippen LogP contribution in [0.1, 0.15) is 36.8 Å². The second-order valence-electron chi connectivity index (χ2n) is 6.29. The lowest BCUT2D eigenvalue weighted by Gasteiger charge is -2.25. The number of nitrogens with one attached hydrogen (secondary N) is 1. The molecular weight excluding hydrogens is 314 g/mol. The van der Waals surface area contributed by atoms with Gasteiger partial charge >= 0.3 is 0 Å². The second kappa shape index (κ2) is 8.56. The molecule has 25 heavy (non-hydrogen) atoms. The smallest absolute Gasteiger partial charge is 0.257 e. The van der Waals surface area contributed by atoms with Gasteiger partial charge in [-0.2, -0.15) is 0 Å². The number of carbonyl (C=O) groups excluding carboxylic acids is 1. The lowest BCUT2D eigenvalue weighted by atomic mass is 9.83. The van der Waals surface area contributed by atoms with Crippen LogP contribution in [0.3, 0.4) is 0 Å². The Labute approximate surface area is 149 Å². The molecule has 2 aromatic rings. The summed E-state index contributed by atoms with van der Waals surface area (Å²) in [5.41, 5.74) is 2.79. The van der Waals surface area contributed by atoms with Gasteiger partial charge in [0.25, 0.3) is 5.91 Å². The Balaban J connectivity index is 1.46. The zero-order valence-corrected chi connectivity index (χ0v) is 14.7. The minimum absolute atomic E-state index is 0.0301. The standard InChI is InChI=1S/C21H25NO3/c1-2-24-18-10-12-19(13-11-18)25-15-21(23)22-14-17-8-5-7-16-6-3-4-9-20(16)17/h3-4,6,9-13,17H,2,5,7-8,14-15H2,1H3,(H,22,23). The zero-order chi connectivity index (χ0) is 17.5. The molecule has 0 aliphatic heterocycles. The average molecular weight is 339 g/mol. The molecule has 0 radical (unpaired) electrons. The first kappa shape index (κ1) is 17.3. The summed E-state index contributed by atoms with van der Waals surface area (Å²) in [6, 6.07) is 15.9. The van der Waals surface area contributed by atoms with Crippen LogP contribution in [0.2, 0.25) is 0 Å². The largest absolute Gasteiger partial charge is 0.494 e. The van der Waals surface area contributed by atoms with Crippen molar-refractivity contribution in [3.05, 3.63) is 59.7 Å². The van der Waals surface area contributed by atoms with E-state index < -0.39 is 0 Å². The Kier molecular flexibility index (Phi) is 5.94. The first-order valence-electron chi connectivity index (χ1n) is 8.96. The van der Waals surface area contributed by atoms with E-state index in [0.29, 0.717) is 24.8 Å². The van der Waals surface area contributed by atoms with Gasteiger partial charge in [0.05, 0.1) is 6.61 Å². The highest BCUT2D eigenvalue weighted by atomic mass is 16.5. The van der Waals surface area contributed by atoms with Crippen LogP contribution in [0.5, 0.6) is 11.5 Å². The van der Waals surface area contributed by atoms with Gasteiger partial charge in [-0.25, -0.2) is 0 Å². The number of carbonyl (C=O) groups is 1. The minimum Gasteiger partial charge on any atom is -0.494 e. The van der Waals surface area contributed by atoms with Gasteiger partial charge in [0.2, 0.25) is 0 Å². The summed E-state index contributed by atoms with van der Waals surface area (Å²) in [7, 11) is 0. The van der Waals surface area contributed by atoms with Gasteiger partial charge < -0.3 is 14.8 Å². The van der Waals surface area contributed by atoms with Crippen LogP contribution in [0.15, 0.2) is 48.5 Å². The first-order valence-corrected chi connectivity index (χ1v) is 8.96. The Morgan fingerprint density at radius 2 is 1.80 bits per heavy atom. The predicted molar refractivity (Wildman–Crippen MR) is 98.2 cm³/mol. The van der Waals surface area contributed by atoms with Crippen LogP contribution in [0.25, 0.3) is 0 Å². The van der Waals surface area contributed by atoms with E-state index in [2.05, 4.69) is 29.6 Å². The van der Waals surface area contributed by atoms with E-state index >= 15 is 0 Å². The molecular formula is C21H25NO3. The van der Waals surface area contributed by atoms with Crippen LogP contribution in [-0.2, 0) is 11.2 Å². The van der Waals surface area contributed by atoms with E-state index in [9.17, 15) is 4.79 Å². The maximum atomic E-state index is 12.1. The van der Waals surface area contributed by atoms with Crippen molar-refractivity contribution in [3.63, 3.8) is 0 Å².